The van der Waals surface area contributed by atoms with Crippen LogP contribution in [0.4, 0.5) is 0 Å². The number of ether oxygens (including phenoxy) is 6. The van der Waals surface area contributed by atoms with E-state index in [1.807, 2.05) is 6.92 Å². The third kappa shape index (κ3) is 6.69. The summed E-state index contributed by atoms with van der Waals surface area (Å²) in [6.07, 6.45) is 1.48. The van der Waals surface area contributed by atoms with Gasteiger partial charge in [-0.2, -0.15) is 0 Å². The smallest absolute Gasteiger partial charge is 0.303 e. The van der Waals surface area contributed by atoms with Crippen molar-refractivity contribution in [1.82, 2.24) is 0 Å². The van der Waals surface area contributed by atoms with Gasteiger partial charge in [-0.3, -0.25) is 24.0 Å². The molecule has 0 bridgehead atoms. The van der Waals surface area contributed by atoms with Crippen LogP contribution in [0.3, 0.4) is 0 Å². The zero-order valence-electron chi connectivity index (χ0n) is 28.6. The Hall–Kier alpha value is -2.99. The highest BCUT2D eigenvalue weighted by molar-refractivity contribution is 5.96. The van der Waals surface area contributed by atoms with Gasteiger partial charge in [0.2, 0.25) is 12.4 Å². The van der Waals surface area contributed by atoms with Crippen LogP contribution in [0.1, 0.15) is 99.8 Å². The van der Waals surface area contributed by atoms with Crippen LogP contribution in [0, 0.1) is 34.5 Å². The Bertz CT molecular complexity index is 1310. The second-order valence-electron chi connectivity index (χ2n) is 15.1. The molecule has 4 saturated carbocycles. The summed E-state index contributed by atoms with van der Waals surface area (Å²) >= 11 is 0. The van der Waals surface area contributed by atoms with E-state index in [-0.39, 0.29) is 29.1 Å². The van der Waals surface area contributed by atoms with E-state index in [9.17, 15) is 29.1 Å². The molecular formula is C35H50O12. The number of rotatable bonds is 7. The predicted octanol–water partition coefficient (Wildman–Crippen LogP) is 3.94. The number of carbonyl (C=O) groups is 5. The average Bonchev–Trinajstić information content (AvgIpc) is 3.21. The maximum atomic E-state index is 13.5. The van der Waals surface area contributed by atoms with Crippen molar-refractivity contribution in [3.8, 4) is 0 Å². The molecule has 4 aliphatic carbocycles. The number of hydrogen-bond acceptors (Lipinski definition) is 12. The Balaban J connectivity index is 1.42. The van der Waals surface area contributed by atoms with Crippen molar-refractivity contribution in [2.45, 2.75) is 136 Å². The molecule has 0 spiro atoms. The number of aliphatic hydroxyl groups is 1. The minimum absolute atomic E-state index is 0.0268. The van der Waals surface area contributed by atoms with Crippen molar-refractivity contribution in [1.29, 1.82) is 0 Å². The predicted molar refractivity (Wildman–Crippen MR) is 164 cm³/mol. The maximum absolute atomic E-state index is 13.5. The molecule has 1 N–H and O–H groups in total. The molecule has 0 aromatic carbocycles. The second-order valence-corrected chi connectivity index (χ2v) is 15.1. The number of carbonyl (C=O) groups excluding carboxylic acids is 5. The average molecular weight is 663 g/mol. The first kappa shape index (κ1) is 35.3. The van der Waals surface area contributed by atoms with Gasteiger partial charge in [-0.1, -0.05) is 13.8 Å². The molecule has 1 heterocycles. The fraction of sp³-hybridized carbons (Fsp3) is 0.800. The lowest BCUT2D eigenvalue weighted by Gasteiger charge is -2.61. The summed E-state index contributed by atoms with van der Waals surface area (Å²) < 4.78 is 33.8. The van der Waals surface area contributed by atoms with Crippen LogP contribution < -0.4 is 0 Å². The van der Waals surface area contributed by atoms with Gasteiger partial charge in [0.15, 0.2) is 18.0 Å². The van der Waals surface area contributed by atoms with Gasteiger partial charge in [-0.05, 0) is 86.4 Å². The summed E-state index contributed by atoms with van der Waals surface area (Å²) in [5.41, 5.74) is -0.447. The number of hydrogen-bond donors (Lipinski definition) is 1. The van der Waals surface area contributed by atoms with E-state index in [4.69, 9.17) is 28.4 Å². The van der Waals surface area contributed by atoms with Gasteiger partial charge in [-0.25, -0.2) is 0 Å². The van der Waals surface area contributed by atoms with Gasteiger partial charge in [-0.15, -0.1) is 0 Å². The van der Waals surface area contributed by atoms with E-state index < -0.39 is 60.2 Å². The normalized spacial score (nSPS) is 43.5. The van der Waals surface area contributed by atoms with Gasteiger partial charge in [0.05, 0.1) is 11.9 Å². The molecule has 12 nitrogen and oxygen atoms in total. The molecular weight excluding hydrogens is 612 g/mol. The van der Waals surface area contributed by atoms with Crippen molar-refractivity contribution < 1.29 is 57.5 Å². The standard InChI is InChI=1S/C35H50O12/c1-18(36)42-17-28-29(44-19(2)37)30(45-20(3)38)31(46-21(4)39)32(47-28)43-16-22-15-33(5)23(14-27(22)40)8-9-24-25(33)10-12-34(6)26(24)11-13-35(34,7)41/h16,23-26,28-32,41H,8-15,17H2,1-7H3/b22-16+/t23-,24+,25-,26-,28+,29+,30-,31+,32+,33+,34-,35+/m1/s1. The summed E-state index contributed by atoms with van der Waals surface area (Å²) in [5.74, 6) is -1.29. The van der Waals surface area contributed by atoms with E-state index in [1.54, 1.807) is 0 Å². The van der Waals surface area contributed by atoms with Crippen molar-refractivity contribution >= 4 is 29.7 Å². The lowest BCUT2D eigenvalue weighted by molar-refractivity contribution is -0.297. The molecule has 1 saturated heterocycles. The topological polar surface area (TPSA) is 161 Å². The lowest BCUT2D eigenvalue weighted by Crippen LogP contribution is -2.62. The molecule has 5 rings (SSSR count). The fourth-order valence-corrected chi connectivity index (χ4v) is 9.81. The molecule has 1 aliphatic heterocycles. The monoisotopic (exact) mass is 662 g/mol. The van der Waals surface area contributed by atoms with E-state index in [0.29, 0.717) is 36.2 Å². The van der Waals surface area contributed by atoms with Gasteiger partial charge in [0.1, 0.15) is 12.7 Å². The molecule has 5 aliphatic rings. The van der Waals surface area contributed by atoms with Crippen LogP contribution in [0.15, 0.2) is 11.8 Å². The van der Waals surface area contributed by atoms with Gasteiger partial charge in [0, 0.05) is 39.7 Å². The Kier molecular flexibility index (Phi) is 9.87. The fourth-order valence-electron chi connectivity index (χ4n) is 9.81. The first-order valence-corrected chi connectivity index (χ1v) is 16.9. The zero-order valence-corrected chi connectivity index (χ0v) is 28.6. The van der Waals surface area contributed by atoms with Crippen LogP contribution in [0.25, 0.3) is 0 Å². The zero-order chi connectivity index (χ0) is 34.5. The number of Topliss-reactive ketones (excluding diaryl/α,β-unsaturated/α-hetero) is 1. The third-order valence-corrected chi connectivity index (χ3v) is 12.3. The minimum Gasteiger partial charge on any atom is -0.468 e. The summed E-state index contributed by atoms with van der Waals surface area (Å²) in [6, 6.07) is 0. The number of ketones is 1. The molecule has 47 heavy (non-hydrogen) atoms. The van der Waals surface area contributed by atoms with Gasteiger partial charge >= 0.3 is 23.9 Å². The van der Waals surface area contributed by atoms with Crippen LogP contribution in [0.5, 0.6) is 0 Å². The molecule has 0 amide bonds. The highest BCUT2D eigenvalue weighted by Gasteiger charge is 2.63. The Labute approximate surface area is 276 Å². The summed E-state index contributed by atoms with van der Waals surface area (Å²) in [4.78, 5) is 61.6. The first-order valence-electron chi connectivity index (χ1n) is 16.9. The Morgan fingerprint density at radius 2 is 1.45 bits per heavy atom. The van der Waals surface area contributed by atoms with E-state index in [2.05, 4.69) is 13.8 Å². The molecule has 0 radical (unpaired) electrons. The highest BCUT2D eigenvalue weighted by atomic mass is 16.7. The molecule has 262 valence electrons. The molecule has 0 aromatic rings. The number of fused-ring (bicyclic) bond motifs is 5. The van der Waals surface area contributed by atoms with Gasteiger partial charge < -0.3 is 33.5 Å². The molecule has 0 unspecified atom stereocenters. The lowest BCUT2D eigenvalue weighted by atomic mass is 9.44. The Morgan fingerprint density at radius 1 is 0.830 bits per heavy atom. The van der Waals surface area contributed by atoms with Crippen LogP contribution in [0.2, 0.25) is 0 Å². The summed E-state index contributed by atoms with van der Waals surface area (Å²) in [6.45, 7) is 10.8. The molecule has 12 heteroatoms. The number of allylic oxidation sites excluding steroid dienone is 1. The van der Waals surface area contributed by atoms with Gasteiger partial charge in [0.25, 0.3) is 0 Å². The summed E-state index contributed by atoms with van der Waals surface area (Å²) in [5, 5.41) is 11.3. The minimum atomic E-state index is -1.39. The first-order chi connectivity index (χ1) is 22.0. The van der Waals surface area contributed by atoms with E-state index in [1.165, 1.54) is 13.2 Å². The van der Waals surface area contributed by atoms with Crippen molar-refractivity contribution in [3.05, 3.63) is 11.8 Å². The van der Waals surface area contributed by atoms with Crippen LogP contribution in [-0.2, 0) is 52.4 Å². The second kappa shape index (κ2) is 13.1. The van der Waals surface area contributed by atoms with E-state index in [0.717, 1.165) is 59.3 Å². The van der Waals surface area contributed by atoms with E-state index >= 15 is 0 Å². The third-order valence-electron chi connectivity index (χ3n) is 12.3. The highest BCUT2D eigenvalue weighted by Crippen LogP contribution is 2.68. The van der Waals surface area contributed by atoms with Crippen LogP contribution in [-0.4, -0.2) is 77.7 Å². The largest absolute Gasteiger partial charge is 0.468 e. The van der Waals surface area contributed by atoms with Crippen molar-refractivity contribution in [2.75, 3.05) is 6.61 Å². The summed E-state index contributed by atoms with van der Waals surface area (Å²) in [7, 11) is 0. The van der Waals surface area contributed by atoms with Crippen molar-refractivity contribution in [3.63, 3.8) is 0 Å². The van der Waals surface area contributed by atoms with Crippen LogP contribution >= 0.6 is 0 Å². The maximum Gasteiger partial charge on any atom is 0.303 e. The molecule has 12 atom stereocenters. The SMILES string of the molecule is CC(=O)OC[C@@H]1O[C@H](O/C=C2\C[C@@]3(C)[C@H](CC[C@H]4[C@H]3CC[C@]3(C)[C@@H]4CC[C@]3(C)O)CC2=O)[C@@H](OC(C)=O)[C@H](OC(C)=O)[C@H]1OC(C)=O. The Morgan fingerprint density at radius 3 is 2.09 bits per heavy atom. The molecule has 5 fully saturated rings. The van der Waals surface area contributed by atoms with Crippen molar-refractivity contribution in [2.24, 2.45) is 34.5 Å². The quantitative estimate of drug-likeness (QED) is 0.181. The molecule has 0 aromatic heterocycles. The number of esters is 4.